The maximum absolute atomic E-state index is 10.0. The molecule has 0 fully saturated rings. The molecule has 1 heterocycles. The molecular formula is C10H15BrOS. The van der Waals surface area contributed by atoms with E-state index in [0.717, 1.165) is 9.35 Å². The van der Waals surface area contributed by atoms with Crippen molar-refractivity contribution in [2.45, 2.75) is 33.8 Å². The summed E-state index contributed by atoms with van der Waals surface area (Å²) in [5, 5.41) is 10.0. The molecule has 0 aliphatic heterocycles. The standard InChI is InChI=1S/C10H15BrOS/c1-6-5-7(11)8(13-6)9(12)10(2,3)4/h5,9,12H,1-4H3. The van der Waals surface area contributed by atoms with Gasteiger partial charge in [-0.2, -0.15) is 0 Å². The molecule has 0 spiro atoms. The first-order valence-electron chi connectivity index (χ1n) is 4.26. The Balaban J connectivity index is 3.01. The molecule has 1 aromatic heterocycles. The molecule has 0 saturated heterocycles. The highest BCUT2D eigenvalue weighted by molar-refractivity contribution is 9.10. The van der Waals surface area contributed by atoms with Gasteiger partial charge < -0.3 is 5.11 Å². The number of hydrogen-bond donors (Lipinski definition) is 1. The molecule has 1 rings (SSSR count). The maximum Gasteiger partial charge on any atom is 0.0941 e. The molecule has 13 heavy (non-hydrogen) atoms. The van der Waals surface area contributed by atoms with E-state index in [0.29, 0.717) is 0 Å². The van der Waals surface area contributed by atoms with Crippen molar-refractivity contribution in [1.29, 1.82) is 0 Å². The van der Waals surface area contributed by atoms with Crippen molar-refractivity contribution in [1.82, 2.24) is 0 Å². The van der Waals surface area contributed by atoms with Crippen molar-refractivity contribution in [3.8, 4) is 0 Å². The van der Waals surface area contributed by atoms with E-state index >= 15 is 0 Å². The van der Waals surface area contributed by atoms with E-state index in [1.807, 2.05) is 27.7 Å². The van der Waals surface area contributed by atoms with Crippen LogP contribution in [-0.2, 0) is 0 Å². The SMILES string of the molecule is Cc1cc(Br)c(C(O)C(C)(C)C)s1. The van der Waals surface area contributed by atoms with Crippen molar-refractivity contribution in [2.24, 2.45) is 5.41 Å². The van der Waals surface area contributed by atoms with E-state index in [9.17, 15) is 5.11 Å². The fourth-order valence-corrected chi connectivity index (χ4v) is 3.18. The van der Waals surface area contributed by atoms with Crippen LogP contribution in [0.4, 0.5) is 0 Å². The molecule has 0 saturated carbocycles. The predicted molar refractivity (Wildman–Crippen MR) is 61.2 cm³/mol. The molecule has 74 valence electrons. The number of thiophene rings is 1. The minimum Gasteiger partial charge on any atom is -0.387 e. The lowest BCUT2D eigenvalue weighted by Crippen LogP contribution is -2.16. The third kappa shape index (κ3) is 2.55. The second-order valence-corrected chi connectivity index (χ2v) is 6.48. The summed E-state index contributed by atoms with van der Waals surface area (Å²) in [4.78, 5) is 2.26. The van der Waals surface area contributed by atoms with E-state index in [2.05, 4.69) is 22.0 Å². The van der Waals surface area contributed by atoms with Gasteiger partial charge in [0.1, 0.15) is 0 Å². The Kier molecular flexibility index (Phi) is 3.20. The average molecular weight is 263 g/mol. The fourth-order valence-electron chi connectivity index (χ4n) is 1.08. The van der Waals surface area contributed by atoms with Crippen LogP contribution < -0.4 is 0 Å². The van der Waals surface area contributed by atoms with Crippen LogP contribution in [0.5, 0.6) is 0 Å². The minimum absolute atomic E-state index is 0.0974. The Morgan fingerprint density at radius 1 is 1.46 bits per heavy atom. The summed E-state index contributed by atoms with van der Waals surface area (Å²) in [6, 6.07) is 2.05. The zero-order valence-electron chi connectivity index (χ0n) is 8.39. The molecule has 3 heteroatoms. The van der Waals surface area contributed by atoms with Crippen LogP contribution in [0.25, 0.3) is 0 Å². The van der Waals surface area contributed by atoms with Gasteiger partial charge in [0.2, 0.25) is 0 Å². The van der Waals surface area contributed by atoms with E-state index in [1.165, 1.54) is 4.88 Å². The van der Waals surface area contributed by atoms with E-state index in [1.54, 1.807) is 11.3 Å². The van der Waals surface area contributed by atoms with Gasteiger partial charge in [-0.3, -0.25) is 0 Å². The summed E-state index contributed by atoms with van der Waals surface area (Å²) in [6.45, 7) is 8.17. The summed E-state index contributed by atoms with van der Waals surface area (Å²) >= 11 is 5.11. The number of halogens is 1. The summed E-state index contributed by atoms with van der Waals surface area (Å²) in [6.07, 6.45) is -0.388. The van der Waals surface area contributed by atoms with Gasteiger partial charge >= 0.3 is 0 Å². The number of aryl methyl sites for hydroxylation is 1. The van der Waals surface area contributed by atoms with Gasteiger partial charge in [-0.15, -0.1) is 11.3 Å². The van der Waals surface area contributed by atoms with Gasteiger partial charge in [0.25, 0.3) is 0 Å². The highest BCUT2D eigenvalue weighted by atomic mass is 79.9. The van der Waals surface area contributed by atoms with Crippen LogP contribution in [0.2, 0.25) is 0 Å². The predicted octanol–water partition coefficient (Wildman–Crippen LogP) is 3.90. The summed E-state index contributed by atoms with van der Waals surface area (Å²) in [7, 11) is 0. The summed E-state index contributed by atoms with van der Waals surface area (Å²) in [5.41, 5.74) is -0.0974. The minimum atomic E-state index is -0.388. The van der Waals surface area contributed by atoms with Crippen molar-refractivity contribution in [2.75, 3.05) is 0 Å². The van der Waals surface area contributed by atoms with Gasteiger partial charge in [0, 0.05) is 14.2 Å². The lowest BCUT2D eigenvalue weighted by molar-refractivity contribution is 0.0653. The number of rotatable bonds is 1. The molecular weight excluding hydrogens is 248 g/mol. The molecule has 0 amide bonds. The summed E-state index contributed by atoms with van der Waals surface area (Å²) in [5.74, 6) is 0. The first-order chi connectivity index (χ1) is 5.82. The smallest absolute Gasteiger partial charge is 0.0941 e. The zero-order valence-corrected chi connectivity index (χ0v) is 10.8. The molecule has 0 radical (unpaired) electrons. The van der Waals surface area contributed by atoms with Crippen molar-refractivity contribution < 1.29 is 5.11 Å². The Morgan fingerprint density at radius 3 is 2.31 bits per heavy atom. The Morgan fingerprint density at radius 2 is 2.00 bits per heavy atom. The number of aliphatic hydroxyl groups is 1. The molecule has 1 unspecified atom stereocenters. The second-order valence-electron chi connectivity index (χ2n) is 4.34. The van der Waals surface area contributed by atoms with Gasteiger partial charge in [0.15, 0.2) is 0 Å². The molecule has 0 bridgehead atoms. The molecule has 1 nitrogen and oxygen atoms in total. The van der Waals surface area contributed by atoms with Gasteiger partial charge in [0.05, 0.1) is 6.10 Å². The van der Waals surface area contributed by atoms with E-state index in [-0.39, 0.29) is 11.5 Å². The molecule has 1 aromatic rings. The lowest BCUT2D eigenvalue weighted by atomic mass is 9.88. The van der Waals surface area contributed by atoms with E-state index < -0.39 is 0 Å². The van der Waals surface area contributed by atoms with Crippen LogP contribution in [0, 0.1) is 12.3 Å². The van der Waals surface area contributed by atoms with Crippen LogP contribution in [0.3, 0.4) is 0 Å². The van der Waals surface area contributed by atoms with Crippen LogP contribution in [0.15, 0.2) is 10.5 Å². The fraction of sp³-hybridized carbons (Fsp3) is 0.600. The largest absolute Gasteiger partial charge is 0.387 e. The molecule has 1 N–H and O–H groups in total. The molecule has 1 atom stereocenters. The maximum atomic E-state index is 10.0. The zero-order chi connectivity index (χ0) is 10.2. The van der Waals surface area contributed by atoms with E-state index in [4.69, 9.17) is 0 Å². The normalized spacial score (nSPS) is 14.6. The van der Waals surface area contributed by atoms with Gasteiger partial charge in [-0.05, 0) is 34.3 Å². The highest BCUT2D eigenvalue weighted by Gasteiger charge is 2.26. The quantitative estimate of drug-likeness (QED) is 0.814. The average Bonchev–Trinajstić information content (AvgIpc) is 2.26. The monoisotopic (exact) mass is 262 g/mol. The third-order valence-electron chi connectivity index (χ3n) is 1.90. The Bertz CT molecular complexity index is 298. The first kappa shape index (κ1) is 11.2. The molecule has 0 aromatic carbocycles. The topological polar surface area (TPSA) is 20.2 Å². The highest BCUT2D eigenvalue weighted by Crippen LogP contribution is 2.40. The van der Waals surface area contributed by atoms with Crippen molar-refractivity contribution in [3.63, 3.8) is 0 Å². The Hall–Kier alpha value is 0.140. The molecule has 0 aliphatic rings. The van der Waals surface area contributed by atoms with Gasteiger partial charge in [-0.25, -0.2) is 0 Å². The van der Waals surface area contributed by atoms with Crippen LogP contribution in [0.1, 0.15) is 36.6 Å². The second kappa shape index (κ2) is 3.71. The van der Waals surface area contributed by atoms with Crippen LogP contribution in [-0.4, -0.2) is 5.11 Å². The van der Waals surface area contributed by atoms with Crippen LogP contribution >= 0.6 is 27.3 Å². The Labute approximate surface area is 91.9 Å². The third-order valence-corrected chi connectivity index (χ3v) is 3.93. The summed E-state index contributed by atoms with van der Waals surface area (Å²) < 4.78 is 1.03. The molecule has 0 aliphatic carbocycles. The number of hydrogen-bond acceptors (Lipinski definition) is 2. The van der Waals surface area contributed by atoms with Crippen molar-refractivity contribution in [3.05, 3.63) is 20.3 Å². The lowest BCUT2D eigenvalue weighted by Gasteiger charge is -2.25. The first-order valence-corrected chi connectivity index (χ1v) is 5.87. The van der Waals surface area contributed by atoms with Gasteiger partial charge in [-0.1, -0.05) is 20.8 Å². The number of aliphatic hydroxyl groups excluding tert-OH is 1. The van der Waals surface area contributed by atoms with Crippen molar-refractivity contribution >= 4 is 27.3 Å².